The molecule has 144 valence electrons. The molecule has 1 heterocycles. The van der Waals surface area contributed by atoms with Crippen molar-refractivity contribution in [2.75, 3.05) is 18.8 Å². The van der Waals surface area contributed by atoms with Crippen molar-refractivity contribution in [2.24, 2.45) is 5.92 Å². The van der Waals surface area contributed by atoms with Crippen molar-refractivity contribution < 1.29 is 4.79 Å². The van der Waals surface area contributed by atoms with Gasteiger partial charge in [0.15, 0.2) is 0 Å². The topological polar surface area (TPSA) is 58.4 Å². The molecule has 2 aromatic carbocycles. The smallest absolute Gasteiger partial charge is 0.220 e. The van der Waals surface area contributed by atoms with E-state index >= 15 is 0 Å². The number of piperidine rings is 1. The number of para-hydroxylation sites is 1. The zero-order chi connectivity index (χ0) is 19.1. The molecule has 0 bridgehead atoms. The van der Waals surface area contributed by atoms with Crippen LogP contribution in [0.4, 0.5) is 5.69 Å². The van der Waals surface area contributed by atoms with Crippen LogP contribution in [0.25, 0.3) is 0 Å². The lowest BCUT2D eigenvalue weighted by atomic mass is 9.98. The van der Waals surface area contributed by atoms with Gasteiger partial charge in [0.1, 0.15) is 0 Å². The number of nitrogens with one attached hydrogen (secondary N) is 1. The molecule has 1 aliphatic rings. The van der Waals surface area contributed by atoms with Crippen LogP contribution in [0.1, 0.15) is 42.9 Å². The van der Waals surface area contributed by atoms with Crippen molar-refractivity contribution in [3.63, 3.8) is 0 Å². The number of benzene rings is 2. The second-order valence-corrected chi connectivity index (χ2v) is 7.75. The molecule has 3 rings (SSSR count). The number of rotatable bonds is 7. The summed E-state index contributed by atoms with van der Waals surface area (Å²) in [6, 6.07) is 16.3. The van der Waals surface area contributed by atoms with Crippen LogP contribution in [0.5, 0.6) is 0 Å². The SMILES string of the molecule is CC1CCN(Cc2cccc(CNC(=O)CCc3ccccc3N)c2)CC1. The Hall–Kier alpha value is -2.33. The highest BCUT2D eigenvalue weighted by Crippen LogP contribution is 2.18. The summed E-state index contributed by atoms with van der Waals surface area (Å²) in [7, 11) is 0. The molecule has 0 aromatic heterocycles. The van der Waals surface area contributed by atoms with Crippen LogP contribution in [-0.2, 0) is 24.3 Å². The van der Waals surface area contributed by atoms with E-state index in [-0.39, 0.29) is 5.91 Å². The van der Waals surface area contributed by atoms with Crippen LogP contribution in [0.3, 0.4) is 0 Å². The molecular formula is C23H31N3O. The molecule has 0 saturated carbocycles. The number of likely N-dealkylation sites (tertiary alicyclic amines) is 1. The summed E-state index contributed by atoms with van der Waals surface area (Å²) in [5, 5.41) is 3.03. The minimum absolute atomic E-state index is 0.0636. The largest absolute Gasteiger partial charge is 0.399 e. The van der Waals surface area contributed by atoms with Crippen molar-refractivity contribution >= 4 is 11.6 Å². The molecule has 4 nitrogen and oxygen atoms in total. The average molecular weight is 366 g/mol. The third-order valence-corrected chi connectivity index (χ3v) is 5.44. The molecule has 1 aliphatic heterocycles. The molecule has 0 spiro atoms. The molecule has 1 fully saturated rings. The van der Waals surface area contributed by atoms with E-state index in [0.717, 1.165) is 29.3 Å². The van der Waals surface area contributed by atoms with Gasteiger partial charge in [-0.05, 0) is 61.0 Å². The number of aryl methyl sites for hydroxylation is 1. The highest BCUT2D eigenvalue weighted by atomic mass is 16.1. The van der Waals surface area contributed by atoms with Gasteiger partial charge in [-0.2, -0.15) is 0 Å². The fraction of sp³-hybridized carbons (Fsp3) is 0.435. The standard InChI is InChI=1S/C23H31N3O/c1-18-11-13-26(14-12-18)17-20-6-4-5-19(15-20)16-25-23(27)10-9-21-7-2-3-8-22(21)24/h2-8,15,18H,9-14,16-17,24H2,1H3,(H,25,27). The van der Waals surface area contributed by atoms with Crippen LogP contribution < -0.4 is 11.1 Å². The van der Waals surface area contributed by atoms with Gasteiger partial charge in [0.2, 0.25) is 5.91 Å². The first kappa shape index (κ1) is 19.4. The Morgan fingerprint density at radius 1 is 1.11 bits per heavy atom. The third-order valence-electron chi connectivity index (χ3n) is 5.44. The number of hydrogen-bond acceptors (Lipinski definition) is 3. The number of nitrogens with zero attached hydrogens (tertiary/aromatic N) is 1. The summed E-state index contributed by atoms with van der Waals surface area (Å²) < 4.78 is 0. The van der Waals surface area contributed by atoms with Gasteiger partial charge in [-0.25, -0.2) is 0 Å². The number of hydrogen-bond donors (Lipinski definition) is 2. The van der Waals surface area contributed by atoms with Gasteiger partial charge in [0, 0.05) is 25.2 Å². The Morgan fingerprint density at radius 2 is 1.85 bits per heavy atom. The van der Waals surface area contributed by atoms with Crippen molar-refractivity contribution in [3.05, 3.63) is 65.2 Å². The van der Waals surface area contributed by atoms with Gasteiger partial charge in [-0.3, -0.25) is 9.69 Å². The van der Waals surface area contributed by atoms with E-state index < -0.39 is 0 Å². The van der Waals surface area contributed by atoms with Gasteiger partial charge < -0.3 is 11.1 Å². The quantitative estimate of drug-likeness (QED) is 0.735. The third kappa shape index (κ3) is 6.10. The maximum atomic E-state index is 12.2. The molecule has 27 heavy (non-hydrogen) atoms. The van der Waals surface area contributed by atoms with Crippen molar-refractivity contribution in [3.8, 4) is 0 Å². The minimum Gasteiger partial charge on any atom is -0.399 e. The number of anilines is 1. The van der Waals surface area contributed by atoms with Crippen molar-refractivity contribution in [2.45, 2.75) is 45.7 Å². The fourth-order valence-corrected chi connectivity index (χ4v) is 3.62. The number of nitrogens with two attached hydrogens (primary N) is 1. The molecular weight excluding hydrogens is 334 g/mol. The average Bonchev–Trinajstić information content (AvgIpc) is 2.68. The highest BCUT2D eigenvalue weighted by Gasteiger charge is 2.15. The number of carbonyl (C=O) groups is 1. The van der Waals surface area contributed by atoms with E-state index in [1.807, 2.05) is 24.3 Å². The molecule has 0 aliphatic carbocycles. The van der Waals surface area contributed by atoms with E-state index in [9.17, 15) is 4.79 Å². The van der Waals surface area contributed by atoms with Gasteiger partial charge in [-0.15, -0.1) is 0 Å². The molecule has 4 heteroatoms. The molecule has 0 radical (unpaired) electrons. The highest BCUT2D eigenvalue weighted by molar-refractivity contribution is 5.76. The second kappa shape index (κ2) is 9.56. The number of amides is 1. The summed E-state index contributed by atoms with van der Waals surface area (Å²) >= 11 is 0. The predicted octanol–water partition coefficient (Wildman–Crippen LogP) is 3.75. The number of nitrogen functional groups attached to an aromatic ring is 1. The Morgan fingerprint density at radius 3 is 2.63 bits per heavy atom. The Bertz CT molecular complexity index is 751. The lowest BCUT2D eigenvalue weighted by Crippen LogP contribution is -2.32. The Kier molecular flexibility index (Phi) is 6.88. The second-order valence-electron chi connectivity index (χ2n) is 7.75. The van der Waals surface area contributed by atoms with Gasteiger partial charge in [-0.1, -0.05) is 49.4 Å². The Balaban J connectivity index is 1.45. The molecule has 0 atom stereocenters. The maximum absolute atomic E-state index is 12.2. The van der Waals surface area contributed by atoms with Crippen LogP contribution >= 0.6 is 0 Å². The van der Waals surface area contributed by atoms with E-state index in [1.165, 1.54) is 31.5 Å². The summed E-state index contributed by atoms with van der Waals surface area (Å²) in [6.45, 7) is 6.29. The zero-order valence-electron chi connectivity index (χ0n) is 16.3. The first-order valence-electron chi connectivity index (χ1n) is 10.0. The normalized spacial score (nSPS) is 15.6. The molecule has 0 unspecified atom stereocenters. The van der Waals surface area contributed by atoms with Crippen LogP contribution in [0, 0.1) is 5.92 Å². The van der Waals surface area contributed by atoms with Crippen LogP contribution in [0.15, 0.2) is 48.5 Å². The Labute approximate surface area is 162 Å². The number of carbonyl (C=O) groups excluding carboxylic acids is 1. The summed E-state index contributed by atoms with van der Waals surface area (Å²) in [5.41, 5.74) is 10.2. The van der Waals surface area contributed by atoms with Crippen LogP contribution in [0.2, 0.25) is 0 Å². The lowest BCUT2D eigenvalue weighted by Gasteiger charge is -2.30. The lowest BCUT2D eigenvalue weighted by molar-refractivity contribution is -0.121. The minimum atomic E-state index is 0.0636. The summed E-state index contributed by atoms with van der Waals surface area (Å²) in [5.74, 6) is 0.919. The van der Waals surface area contributed by atoms with E-state index in [2.05, 4.69) is 41.4 Å². The maximum Gasteiger partial charge on any atom is 0.220 e. The van der Waals surface area contributed by atoms with Gasteiger partial charge in [0.25, 0.3) is 0 Å². The van der Waals surface area contributed by atoms with Gasteiger partial charge >= 0.3 is 0 Å². The van der Waals surface area contributed by atoms with E-state index in [0.29, 0.717) is 19.4 Å². The van der Waals surface area contributed by atoms with Crippen LogP contribution in [-0.4, -0.2) is 23.9 Å². The van der Waals surface area contributed by atoms with Crippen molar-refractivity contribution in [1.29, 1.82) is 0 Å². The van der Waals surface area contributed by atoms with E-state index in [1.54, 1.807) is 0 Å². The van der Waals surface area contributed by atoms with E-state index in [4.69, 9.17) is 5.73 Å². The molecule has 1 saturated heterocycles. The van der Waals surface area contributed by atoms with Gasteiger partial charge in [0.05, 0.1) is 0 Å². The van der Waals surface area contributed by atoms with Crippen molar-refractivity contribution in [1.82, 2.24) is 10.2 Å². The first-order valence-corrected chi connectivity index (χ1v) is 10.0. The molecule has 3 N–H and O–H groups in total. The molecule has 2 aromatic rings. The summed E-state index contributed by atoms with van der Waals surface area (Å²) in [6.07, 6.45) is 3.72. The predicted molar refractivity (Wildman–Crippen MR) is 111 cm³/mol. The zero-order valence-corrected chi connectivity index (χ0v) is 16.3. The monoisotopic (exact) mass is 365 g/mol. The molecule has 1 amide bonds. The first-order chi connectivity index (χ1) is 13.1. The fourth-order valence-electron chi connectivity index (χ4n) is 3.62. The summed E-state index contributed by atoms with van der Waals surface area (Å²) in [4.78, 5) is 14.7.